The third-order valence-corrected chi connectivity index (χ3v) is 6.03. The molecule has 10 heteroatoms. The fourth-order valence-corrected chi connectivity index (χ4v) is 4.43. The molecule has 2 aromatic heterocycles. The first-order valence-electron chi connectivity index (χ1n) is 9.61. The summed E-state index contributed by atoms with van der Waals surface area (Å²) in [5.41, 5.74) is 0.131. The Balaban J connectivity index is 1.57. The van der Waals surface area contributed by atoms with Gasteiger partial charge < -0.3 is 23.9 Å². The van der Waals surface area contributed by atoms with Gasteiger partial charge in [-0.15, -0.1) is 8.78 Å². The number of hydrogen-bond acceptors (Lipinski definition) is 7. The Morgan fingerprint density at radius 2 is 1.90 bits per heavy atom. The molecule has 3 aliphatic rings. The zero-order valence-electron chi connectivity index (χ0n) is 16.1. The highest BCUT2D eigenvalue weighted by atomic mass is 19.3. The van der Waals surface area contributed by atoms with Crippen molar-refractivity contribution in [1.82, 2.24) is 9.55 Å². The number of esters is 1. The van der Waals surface area contributed by atoms with Crippen molar-refractivity contribution in [3.63, 3.8) is 0 Å². The quantitative estimate of drug-likeness (QED) is 0.465. The average Bonchev–Trinajstić information content (AvgIpc) is 3.22. The van der Waals surface area contributed by atoms with E-state index >= 15 is 0 Å². The van der Waals surface area contributed by atoms with Crippen molar-refractivity contribution >= 4 is 16.9 Å². The Hall–Kier alpha value is -3.53. The lowest BCUT2D eigenvalue weighted by atomic mass is 9.86. The monoisotopic (exact) mass is 428 g/mol. The highest BCUT2D eigenvalue weighted by Gasteiger charge is 2.46. The molecular formula is C21H14F2N2O6. The van der Waals surface area contributed by atoms with Gasteiger partial charge in [0.15, 0.2) is 17.1 Å². The first-order valence-corrected chi connectivity index (χ1v) is 9.61. The summed E-state index contributed by atoms with van der Waals surface area (Å²) in [4.78, 5) is 29.9. The number of nitrogens with zero attached hydrogens (tertiary/aromatic N) is 2. The Bertz CT molecular complexity index is 1400. The van der Waals surface area contributed by atoms with Crippen LogP contribution in [0.1, 0.15) is 30.0 Å². The Morgan fingerprint density at radius 1 is 1.16 bits per heavy atom. The lowest BCUT2D eigenvalue weighted by molar-refractivity contribution is -0.286. The maximum atomic E-state index is 13.4. The molecule has 8 nitrogen and oxygen atoms in total. The van der Waals surface area contributed by atoms with Crippen molar-refractivity contribution in [1.29, 1.82) is 0 Å². The second-order valence-electron chi connectivity index (χ2n) is 7.76. The van der Waals surface area contributed by atoms with Crippen LogP contribution in [0.3, 0.4) is 0 Å². The van der Waals surface area contributed by atoms with Crippen LogP contribution in [0.2, 0.25) is 0 Å². The number of pyridine rings is 2. The molecule has 0 aliphatic carbocycles. The lowest BCUT2D eigenvalue weighted by Crippen LogP contribution is -2.44. The van der Waals surface area contributed by atoms with Crippen LogP contribution in [0.25, 0.3) is 22.3 Å². The number of ether oxygens (including phenoxy) is 3. The van der Waals surface area contributed by atoms with E-state index in [2.05, 4.69) is 14.5 Å². The first-order chi connectivity index (χ1) is 14.7. The highest BCUT2D eigenvalue weighted by Crippen LogP contribution is 2.44. The summed E-state index contributed by atoms with van der Waals surface area (Å²) in [6.45, 7) is 1.62. The molecule has 1 atom stereocenters. The fourth-order valence-electron chi connectivity index (χ4n) is 4.43. The van der Waals surface area contributed by atoms with Gasteiger partial charge in [0.25, 0.3) is 5.56 Å². The summed E-state index contributed by atoms with van der Waals surface area (Å²) in [5, 5.41) is 11.4. The molecule has 1 N–H and O–H groups in total. The van der Waals surface area contributed by atoms with Gasteiger partial charge in [-0.25, -0.2) is 9.78 Å². The SMILES string of the molecule is CC[C@@]1(O)C(=O)OCc2c1cc1n(c2=O)Cc2cc3cc4c(cc3nc2-1)OC(F)(F)O4. The molecule has 0 fully saturated rings. The summed E-state index contributed by atoms with van der Waals surface area (Å²) in [7, 11) is 0. The van der Waals surface area contributed by atoms with Crippen molar-refractivity contribution in [2.24, 2.45) is 0 Å². The fraction of sp³-hybridized carbons (Fsp3) is 0.286. The minimum absolute atomic E-state index is 0.0391. The molecule has 0 spiro atoms. The van der Waals surface area contributed by atoms with E-state index in [0.717, 1.165) is 0 Å². The molecule has 0 saturated heterocycles. The zero-order valence-corrected chi connectivity index (χ0v) is 16.1. The number of carbonyl (C=O) groups is 1. The molecule has 0 saturated carbocycles. The van der Waals surface area contributed by atoms with Gasteiger partial charge in [-0.1, -0.05) is 6.92 Å². The van der Waals surface area contributed by atoms with Crippen molar-refractivity contribution in [3.05, 3.63) is 51.3 Å². The summed E-state index contributed by atoms with van der Waals surface area (Å²) in [6.07, 6.45) is -3.70. The second-order valence-corrected chi connectivity index (χ2v) is 7.76. The first kappa shape index (κ1) is 18.3. The topological polar surface area (TPSA) is 99.9 Å². The summed E-state index contributed by atoms with van der Waals surface area (Å²) in [5.74, 6) is -1.02. The van der Waals surface area contributed by atoms with Gasteiger partial charge in [0, 0.05) is 22.6 Å². The zero-order chi connectivity index (χ0) is 21.7. The Morgan fingerprint density at radius 3 is 2.65 bits per heavy atom. The van der Waals surface area contributed by atoms with E-state index in [-0.39, 0.29) is 47.8 Å². The van der Waals surface area contributed by atoms with E-state index in [0.29, 0.717) is 27.9 Å². The van der Waals surface area contributed by atoms with Crippen molar-refractivity contribution in [3.8, 4) is 22.9 Å². The van der Waals surface area contributed by atoms with Crippen LogP contribution >= 0.6 is 0 Å². The number of benzene rings is 1. The van der Waals surface area contributed by atoms with Gasteiger partial charge in [-0.2, -0.15) is 0 Å². The molecule has 3 aliphatic heterocycles. The van der Waals surface area contributed by atoms with Gasteiger partial charge in [-0.05, 0) is 24.6 Å². The summed E-state index contributed by atoms with van der Waals surface area (Å²) < 4.78 is 42.4. The minimum Gasteiger partial charge on any atom is -0.458 e. The predicted octanol–water partition coefficient (Wildman–Crippen LogP) is 2.40. The van der Waals surface area contributed by atoms with Crippen LogP contribution in [-0.4, -0.2) is 26.9 Å². The number of hydrogen-bond donors (Lipinski definition) is 1. The summed E-state index contributed by atoms with van der Waals surface area (Å²) >= 11 is 0. The molecule has 0 unspecified atom stereocenters. The van der Waals surface area contributed by atoms with Gasteiger partial charge in [0.2, 0.25) is 0 Å². The van der Waals surface area contributed by atoms with E-state index in [1.54, 1.807) is 19.1 Å². The minimum atomic E-state index is -3.74. The molecule has 3 aromatic rings. The third-order valence-electron chi connectivity index (χ3n) is 6.03. The largest absolute Gasteiger partial charge is 0.586 e. The standard InChI is InChI=1S/C21H14F2N2O6/c1-2-20(28)12-5-14-17-10(7-25(14)18(26)11(12)8-29-19(20)27)3-9-4-15-16(6-13(9)24-17)31-21(22,23)30-15/h3-6,28H,2,7-8H2,1H3/t20-/m0/s1. The number of aromatic nitrogens is 2. The van der Waals surface area contributed by atoms with E-state index < -0.39 is 17.9 Å². The molecular weight excluding hydrogens is 414 g/mol. The van der Waals surface area contributed by atoms with Crippen molar-refractivity contribution in [2.45, 2.75) is 38.4 Å². The van der Waals surface area contributed by atoms with Crippen molar-refractivity contribution in [2.75, 3.05) is 0 Å². The van der Waals surface area contributed by atoms with E-state index in [1.807, 2.05) is 0 Å². The number of alkyl halides is 2. The molecule has 6 rings (SSSR count). The molecule has 31 heavy (non-hydrogen) atoms. The van der Waals surface area contributed by atoms with Gasteiger partial charge in [0.05, 0.1) is 29.0 Å². The Labute approximate surface area is 172 Å². The van der Waals surface area contributed by atoms with E-state index in [9.17, 15) is 23.5 Å². The van der Waals surface area contributed by atoms with Gasteiger partial charge >= 0.3 is 12.3 Å². The summed E-state index contributed by atoms with van der Waals surface area (Å²) in [6, 6.07) is 6.10. The number of rotatable bonds is 1. The molecule has 1 aromatic carbocycles. The normalized spacial score (nSPS) is 22.1. The predicted molar refractivity (Wildman–Crippen MR) is 101 cm³/mol. The van der Waals surface area contributed by atoms with Gasteiger partial charge in [-0.3, -0.25) is 4.79 Å². The van der Waals surface area contributed by atoms with Crippen LogP contribution in [-0.2, 0) is 28.3 Å². The molecule has 0 radical (unpaired) electrons. The number of cyclic esters (lactones) is 1. The average molecular weight is 428 g/mol. The molecule has 158 valence electrons. The van der Waals surface area contributed by atoms with E-state index in [4.69, 9.17) is 4.74 Å². The second kappa shape index (κ2) is 5.58. The van der Waals surface area contributed by atoms with Crippen LogP contribution in [0.15, 0.2) is 29.1 Å². The van der Waals surface area contributed by atoms with Crippen LogP contribution in [0, 0.1) is 0 Å². The third kappa shape index (κ3) is 2.33. The molecule has 5 heterocycles. The number of carbonyl (C=O) groups excluding carboxylic acids is 1. The number of aliphatic hydroxyl groups is 1. The maximum Gasteiger partial charge on any atom is 0.586 e. The van der Waals surface area contributed by atoms with E-state index in [1.165, 1.54) is 16.7 Å². The Kier molecular flexibility index (Phi) is 3.29. The maximum absolute atomic E-state index is 13.4. The van der Waals surface area contributed by atoms with Crippen molar-refractivity contribution < 1.29 is 32.9 Å². The van der Waals surface area contributed by atoms with Crippen LogP contribution < -0.4 is 15.0 Å². The highest BCUT2D eigenvalue weighted by molar-refractivity contribution is 5.88. The lowest BCUT2D eigenvalue weighted by Gasteiger charge is -2.31. The molecule has 0 amide bonds. The number of fused-ring (bicyclic) bond motifs is 6. The van der Waals surface area contributed by atoms with Crippen LogP contribution in [0.4, 0.5) is 8.78 Å². The smallest absolute Gasteiger partial charge is 0.458 e. The van der Waals surface area contributed by atoms with Gasteiger partial charge in [0.1, 0.15) is 6.61 Å². The molecule has 0 bridgehead atoms. The number of halogens is 2. The van der Waals surface area contributed by atoms with Crippen LogP contribution in [0.5, 0.6) is 11.5 Å².